The minimum atomic E-state index is 0.602. The van der Waals surface area contributed by atoms with Gasteiger partial charge in [-0.1, -0.05) is 31.0 Å². The third-order valence-corrected chi connectivity index (χ3v) is 4.52. The van der Waals surface area contributed by atoms with Crippen molar-refractivity contribution in [2.45, 2.75) is 36.6 Å². The Morgan fingerprint density at radius 1 is 1.17 bits per heavy atom. The van der Waals surface area contributed by atoms with E-state index in [4.69, 9.17) is 0 Å². The maximum atomic E-state index is 4.56. The van der Waals surface area contributed by atoms with Gasteiger partial charge in [-0.2, -0.15) is 5.10 Å². The molecule has 1 fully saturated rings. The van der Waals surface area contributed by atoms with E-state index in [-0.39, 0.29) is 0 Å². The lowest BCUT2D eigenvalue weighted by Gasteiger charge is -2.15. The van der Waals surface area contributed by atoms with E-state index >= 15 is 0 Å². The molecule has 0 aliphatic heterocycles. The van der Waals surface area contributed by atoms with Gasteiger partial charge in [-0.25, -0.2) is 0 Å². The number of hydrogen-bond donors (Lipinski definition) is 0. The van der Waals surface area contributed by atoms with Gasteiger partial charge in [0.1, 0.15) is 0 Å². The molecular weight excluding hydrogens is 240 g/mol. The molecule has 0 atom stereocenters. The van der Waals surface area contributed by atoms with Gasteiger partial charge in [0.2, 0.25) is 0 Å². The van der Waals surface area contributed by atoms with E-state index in [9.17, 15) is 0 Å². The quantitative estimate of drug-likeness (QED) is 0.760. The molecule has 0 radical (unpaired) electrons. The first-order valence-electron chi connectivity index (χ1n) is 6.57. The molecule has 1 heterocycles. The van der Waals surface area contributed by atoms with Crippen molar-refractivity contribution in [1.29, 1.82) is 0 Å². The fourth-order valence-corrected chi connectivity index (χ4v) is 3.43. The first-order chi connectivity index (χ1) is 8.90. The lowest BCUT2D eigenvalue weighted by atomic mass is 10.1. The summed E-state index contributed by atoms with van der Waals surface area (Å²) in [6, 6.07) is 11.4. The monoisotopic (exact) mass is 258 g/mol. The highest BCUT2D eigenvalue weighted by Crippen LogP contribution is 2.35. The normalized spacial score (nSPS) is 16.3. The van der Waals surface area contributed by atoms with E-state index < -0.39 is 0 Å². The molecule has 2 nitrogen and oxygen atoms in total. The highest BCUT2D eigenvalue weighted by atomic mass is 32.2. The van der Waals surface area contributed by atoms with E-state index in [0.29, 0.717) is 6.04 Å². The molecule has 2 aromatic rings. The minimum Gasteiger partial charge on any atom is -0.262 e. The van der Waals surface area contributed by atoms with Gasteiger partial charge in [0.05, 0.1) is 11.7 Å². The Morgan fingerprint density at radius 3 is 2.72 bits per heavy atom. The van der Waals surface area contributed by atoms with Crippen molar-refractivity contribution in [2.24, 2.45) is 0 Å². The molecule has 3 rings (SSSR count). The molecule has 18 heavy (non-hydrogen) atoms. The van der Waals surface area contributed by atoms with Crippen molar-refractivity contribution in [3.8, 4) is 11.3 Å². The fraction of sp³-hybridized carbons (Fsp3) is 0.400. The van der Waals surface area contributed by atoms with Crippen LogP contribution in [-0.4, -0.2) is 16.0 Å². The molecule has 1 aromatic heterocycles. The highest BCUT2D eigenvalue weighted by Gasteiger charge is 2.20. The van der Waals surface area contributed by atoms with Crippen LogP contribution in [0.5, 0.6) is 0 Å². The van der Waals surface area contributed by atoms with Crippen molar-refractivity contribution in [3.63, 3.8) is 0 Å². The van der Waals surface area contributed by atoms with Gasteiger partial charge >= 0.3 is 0 Å². The second kappa shape index (κ2) is 5.19. The van der Waals surface area contributed by atoms with Crippen molar-refractivity contribution >= 4 is 11.8 Å². The highest BCUT2D eigenvalue weighted by molar-refractivity contribution is 7.98. The van der Waals surface area contributed by atoms with E-state index in [2.05, 4.69) is 46.4 Å². The molecule has 1 aliphatic rings. The van der Waals surface area contributed by atoms with Gasteiger partial charge in [-0.05, 0) is 31.2 Å². The summed E-state index contributed by atoms with van der Waals surface area (Å²) >= 11 is 1.80. The third kappa shape index (κ3) is 2.07. The summed E-state index contributed by atoms with van der Waals surface area (Å²) in [4.78, 5) is 1.33. The van der Waals surface area contributed by atoms with Crippen LogP contribution in [0.25, 0.3) is 11.3 Å². The van der Waals surface area contributed by atoms with Crippen LogP contribution in [0.15, 0.2) is 41.4 Å². The summed E-state index contributed by atoms with van der Waals surface area (Å²) in [5.41, 5.74) is 2.58. The lowest BCUT2D eigenvalue weighted by molar-refractivity contribution is 0.471. The molecule has 0 saturated heterocycles. The Morgan fingerprint density at radius 2 is 1.94 bits per heavy atom. The van der Waals surface area contributed by atoms with Crippen LogP contribution in [-0.2, 0) is 0 Å². The predicted octanol–water partition coefficient (Wildman–Crippen LogP) is 4.39. The van der Waals surface area contributed by atoms with Crippen LogP contribution in [0.4, 0.5) is 0 Å². The first kappa shape index (κ1) is 11.8. The maximum absolute atomic E-state index is 4.56. The summed E-state index contributed by atoms with van der Waals surface area (Å²) in [6.07, 6.45) is 9.30. The Kier molecular flexibility index (Phi) is 3.41. The molecule has 94 valence electrons. The van der Waals surface area contributed by atoms with Crippen LogP contribution in [0.2, 0.25) is 0 Å². The average Bonchev–Trinajstić information content (AvgIpc) is 3.09. The number of aromatic nitrogens is 2. The van der Waals surface area contributed by atoms with Gasteiger partial charge in [0, 0.05) is 16.7 Å². The second-order valence-corrected chi connectivity index (χ2v) is 5.65. The smallest absolute Gasteiger partial charge is 0.0696 e. The summed E-state index contributed by atoms with van der Waals surface area (Å²) in [6.45, 7) is 0. The summed E-state index contributed by atoms with van der Waals surface area (Å²) in [5, 5.41) is 4.56. The molecule has 0 bridgehead atoms. The second-order valence-electron chi connectivity index (χ2n) is 4.80. The zero-order valence-corrected chi connectivity index (χ0v) is 11.5. The largest absolute Gasteiger partial charge is 0.262 e. The lowest BCUT2D eigenvalue weighted by Crippen LogP contribution is -2.08. The van der Waals surface area contributed by atoms with Gasteiger partial charge in [0.25, 0.3) is 0 Å². The van der Waals surface area contributed by atoms with Gasteiger partial charge in [-0.15, -0.1) is 11.8 Å². The SMILES string of the molecule is CSc1ccccc1-c1ccnn1C1CCCC1. The number of nitrogens with zero attached hydrogens (tertiary/aromatic N) is 2. The van der Waals surface area contributed by atoms with Crippen molar-refractivity contribution in [2.75, 3.05) is 6.26 Å². The molecular formula is C15H18N2S. The third-order valence-electron chi connectivity index (χ3n) is 3.72. The fourth-order valence-electron chi connectivity index (χ4n) is 2.82. The van der Waals surface area contributed by atoms with E-state index in [1.54, 1.807) is 11.8 Å². The van der Waals surface area contributed by atoms with Gasteiger partial charge in [0.15, 0.2) is 0 Å². The Hall–Kier alpha value is -1.22. The standard InChI is InChI=1S/C15H18N2S/c1-18-15-9-5-4-8-13(15)14-10-11-16-17(14)12-6-2-3-7-12/h4-5,8-12H,2-3,6-7H2,1H3. The Balaban J connectivity index is 2.03. The van der Waals surface area contributed by atoms with E-state index in [0.717, 1.165) is 0 Å². The van der Waals surface area contributed by atoms with Crippen molar-refractivity contribution < 1.29 is 0 Å². The van der Waals surface area contributed by atoms with Crippen LogP contribution >= 0.6 is 11.8 Å². The van der Waals surface area contributed by atoms with Crippen LogP contribution in [0.1, 0.15) is 31.7 Å². The zero-order valence-electron chi connectivity index (χ0n) is 10.7. The summed E-state index contributed by atoms with van der Waals surface area (Å²) < 4.78 is 2.24. The number of hydrogen-bond acceptors (Lipinski definition) is 2. The van der Waals surface area contributed by atoms with Gasteiger partial charge < -0.3 is 0 Å². The number of benzene rings is 1. The topological polar surface area (TPSA) is 17.8 Å². The Bertz CT molecular complexity index is 527. The molecule has 1 aliphatic carbocycles. The van der Waals surface area contributed by atoms with Gasteiger partial charge in [-0.3, -0.25) is 4.68 Å². The summed E-state index contributed by atoms with van der Waals surface area (Å²) in [7, 11) is 0. The van der Waals surface area contributed by atoms with Crippen molar-refractivity contribution in [1.82, 2.24) is 9.78 Å². The van der Waals surface area contributed by atoms with E-state index in [1.165, 1.54) is 41.8 Å². The number of thioether (sulfide) groups is 1. The number of rotatable bonds is 3. The molecule has 0 spiro atoms. The molecule has 1 saturated carbocycles. The van der Waals surface area contributed by atoms with Crippen LogP contribution < -0.4 is 0 Å². The van der Waals surface area contributed by atoms with Crippen molar-refractivity contribution in [3.05, 3.63) is 36.5 Å². The molecule has 0 amide bonds. The first-order valence-corrected chi connectivity index (χ1v) is 7.79. The zero-order chi connectivity index (χ0) is 12.4. The van der Waals surface area contributed by atoms with Crippen LogP contribution in [0, 0.1) is 0 Å². The summed E-state index contributed by atoms with van der Waals surface area (Å²) in [5.74, 6) is 0. The predicted molar refractivity (Wildman–Crippen MR) is 76.9 cm³/mol. The molecule has 0 N–H and O–H groups in total. The maximum Gasteiger partial charge on any atom is 0.0696 e. The Labute approximate surface area is 112 Å². The molecule has 1 aromatic carbocycles. The molecule has 3 heteroatoms. The minimum absolute atomic E-state index is 0.602. The van der Waals surface area contributed by atoms with Crippen LogP contribution in [0.3, 0.4) is 0 Å². The molecule has 0 unspecified atom stereocenters. The van der Waals surface area contributed by atoms with E-state index in [1.807, 2.05) is 6.20 Å². The average molecular weight is 258 g/mol.